The Morgan fingerprint density at radius 2 is 2.00 bits per heavy atom. The van der Waals surface area contributed by atoms with Crippen molar-refractivity contribution in [2.24, 2.45) is 0 Å². The zero-order chi connectivity index (χ0) is 12.6. The van der Waals surface area contributed by atoms with Gasteiger partial charge in [-0.05, 0) is 43.2 Å². The normalized spacial score (nSPS) is 20.0. The molecule has 5 heteroatoms. The molecule has 1 N–H and O–H groups in total. The number of pyridine rings is 1. The highest BCUT2D eigenvalue weighted by atomic mass is 32.2. The van der Waals surface area contributed by atoms with Crippen LogP contribution in [-0.2, 0) is 9.84 Å². The first kappa shape index (κ1) is 12.1. The van der Waals surface area contributed by atoms with Crippen molar-refractivity contribution in [2.75, 3.05) is 12.3 Å². The second kappa shape index (κ2) is 4.63. The summed E-state index contributed by atoms with van der Waals surface area (Å²) in [6.45, 7) is 0.542. The maximum absolute atomic E-state index is 12.1. The van der Waals surface area contributed by atoms with Crippen LogP contribution in [0.3, 0.4) is 0 Å². The second-order valence-electron chi connectivity index (χ2n) is 5.28. The van der Waals surface area contributed by atoms with Gasteiger partial charge in [0.15, 0.2) is 9.84 Å². The van der Waals surface area contributed by atoms with Crippen molar-refractivity contribution in [3.63, 3.8) is 0 Å². The quantitative estimate of drug-likeness (QED) is 0.847. The van der Waals surface area contributed by atoms with Crippen molar-refractivity contribution < 1.29 is 8.42 Å². The highest BCUT2D eigenvalue weighted by molar-refractivity contribution is 7.91. The lowest BCUT2D eigenvalue weighted by atomic mass is 10.2. The van der Waals surface area contributed by atoms with Gasteiger partial charge in [0.1, 0.15) is 0 Å². The lowest BCUT2D eigenvalue weighted by Gasteiger charge is -2.06. The van der Waals surface area contributed by atoms with Crippen molar-refractivity contribution in [3.05, 3.63) is 24.0 Å². The summed E-state index contributed by atoms with van der Waals surface area (Å²) in [6.07, 6.45) is 7.94. The summed E-state index contributed by atoms with van der Waals surface area (Å²) in [5, 5.41) is 3.23. The van der Waals surface area contributed by atoms with Crippen LogP contribution in [0.5, 0.6) is 0 Å². The molecule has 2 aliphatic carbocycles. The van der Waals surface area contributed by atoms with Crippen LogP contribution in [0.15, 0.2) is 23.4 Å². The van der Waals surface area contributed by atoms with E-state index in [-0.39, 0.29) is 5.75 Å². The molecule has 0 radical (unpaired) electrons. The first-order valence-electron chi connectivity index (χ1n) is 6.56. The van der Waals surface area contributed by atoms with Crippen LogP contribution < -0.4 is 5.32 Å². The fourth-order valence-electron chi connectivity index (χ4n) is 2.05. The standard InChI is InChI=1S/C13H18N2O2S/c16-18(17,6-5-15-12-3-4-12)13-7-11(8-14-9-13)10-1-2-10/h7-10,12,15H,1-6H2. The predicted octanol–water partition coefficient (Wildman–Crippen LogP) is 1.48. The molecular weight excluding hydrogens is 248 g/mol. The molecule has 18 heavy (non-hydrogen) atoms. The summed E-state index contributed by atoms with van der Waals surface area (Å²) in [5.74, 6) is 0.705. The minimum absolute atomic E-state index is 0.166. The van der Waals surface area contributed by atoms with Crippen LogP contribution >= 0.6 is 0 Å². The zero-order valence-electron chi connectivity index (χ0n) is 10.3. The smallest absolute Gasteiger partial charge is 0.181 e. The largest absolute Gasteiger partial charge is 0.313 e. The molecule has 0 aliphatic heterocycles. The summed E-state index contributed by atoms with van der Waals surface area (Å²) in [7, 11) is -3.18. The Hall–Kier alpha value is -0.940. The lowest BCUT2D eigenvalue weighted by molar-refractivity contribution is 0.590. The van der Waals surface area contributed by atoms with Gasteiger partial charge >= 0.3 is 0 Å². The van der Waals surface area contributed by atoms with Gasteiger partial charge in [-0.25, -0.2) is 8.42 Å². The monoisotopic (exact) mass is 266 g/mol. The van der Waals surface area contributed by atoms with Crippen LogP contribution in [0.2, 0.25) is 0 Å². The number of nitrogens with one attached hydrogen (secondary N) is 1. The minimum Gasteiger partial charge on any atom is -0.313 e. The van der Waals surface area contributed by atoms with E-state index in [1.54, 1.807) is 12.3 Å². The molecule has 2 fully saturated rings. The average molecular weight is 266 g/mol. The molecule has 2 aliphatic rings. The molecule has 0 spiro atoms. The molecule has 2 saturated carbocycles. The summed E-state index contributed by atoms with van der Waals surface area (Å²) in [6, 6.07) is 2.35. The highest BCUT2D eigenvalue weighted by Crippen LogP contribution is 2.40. The summed E-state index contributed by atoms with van der Waals surface area (Å²) < 4.78 is 24.3. The van der Waals surface area contributed by atoms with Crippen LogP contribution in [0, 0.1) is 0 Å². The molecule has 0 amide bonds. The van der Waals surface area contributed by atoms with Gasteiger partial charge in [0.05, 0.1) is 10.6 Å². The first-order valence-corrected chi connectivity index (χ1v) is 8.21. The number of hydrogen-bond acceptors (Lipinski definition) is 4. The molecule has 4 nitrogen and oxygen atoms in total. The predicted molar refractivity (Wildman–Crippen MR) is 69.3 cm³/mol. The zero-order valence-corrected chi connectivity index (χ0v) is 11.1. The van der Waals surface area contributed by atoms with E-state index in [1.807, 2.05) is 0 Å². The van der Waals surface area contributed by atoms with E-state index in [4.69, 9.17) is 0 Å². The van der Waals surface area contributed by atoms with Gasteiger partial charge in [-0.15, -0.1) is 0 Å². The minimum atomic E-state index is -3.18. The van der Waals surface area contributed by atoms with Crippen molar-refractivity contribution in [2.45, 2.75) is 42.5 Å². The van der Waals surface area contributed by atoms with Crippen LogP contribution in [-0.4, -0.2) is 31.7 Å². The average Bonchev–Trinajstić information content (AvgIpc) is 3.22. The van der Waals surface area contributed by atoms with Crippen LogP contribution in [0.4, 0.5) is 0 Å². The van der Waals surface area contributed by atoms with Gasteiger partial charge in [-0.1, -0.05) is 0 Å². The topological polar surface area (TPSA) is 59.1 Å². The fraction of sp³-hybridized carbons (Fsp3) is 0.615. The van der Waals surface area contributed by atoms with Gasteiger partial charge in [0.25, 0.3) is 0 Å². The maximum atomic E-state index is 12.1. The summed E-state index contributed by atoms with van der Waals surface area (Å²) in [4.78, 5) is 4.45. The highest BCUT2D eigenvalue weighted by Gasteiger charge is 2.26. The third kappa shape index (κ3) is 2.90. The van der Waals surface area contributed by atoms with Gasteiger partial charge in [0.2, 0.25) is 0 Å². The molecule has 1 aromatic rings. The van der Waals surface area contributed by atoms with Crippen molar-refractivity contribution in [1.82, 2.24) is 10.3 Å². The van der Waals surface area contributed by atoms with E-state index in [0.717, 1.165) is 18.4 Å². The maximum Gasteiger partial charge on any atom is 0.181 e. The number of aromatic nitrogens is 1. The Labute approximate surface area is 108 Å². The number of nitrogens with zero attached hydrogens (tertiary/aromatic N) is 1. The van der Waals surface area contributed by atoms with E-state index in [1.165, 1.54) is 19.0 Å². The number of rotatable bonds is 6. The molecule has 98 valence electrons. The Kier molecular flexibility index (Phi) is 3.11. The summed E-state index contributed by atoms with van der Waals surface area (Å²) in [5.41, 5.74) is 1.08. The van der Waals surface area contributed by atoms with Crippen LogP contribution in [0.1, 0.15) is 37.2 Å². The van der Waals surface area contributed by atoms with Crippen molar-refractivity contribution >= 4 is 9.84 Å². The van der Waals surface area contributed by atoms with E-state index < -0.39 is 9.84 Å². The lowest BCUT2D eigenvalue weighted by Crippen LogP contribution is -2.24. The Bertz CT molecular complexity index is 534. The fourth-order valence-corrected chi connectivity index (χ4v) is 3.21. The molecular formula is C13H18N2O2S. The molecule has 0 bridgehead atoms. The van der Waals surface area contributed by atoms with Crippen LogP contribution in [0.25, 0.3) is 0 Å². The first-order chi connectivity index (χ1) is 8.65. The third-order valence-corrected chi connectivity index (χ3v) is 5.21. The van der Waals surface area contributed by atoms with Crippen molar-refractivity contribution in [1.29, 1.82) is 0 Å². The number of hydrogen-bond donors (Lipinski definition) is 1. The molecule has 1 aromatic heterocycles. The number of sulfone groups is 1. The van der Waals surface area contributed by atoms with E-state index >= 15 is 0 Å². The SMILES string of the molecule is O=S(=O)(CCNC1CC1)c1cncc(C2CC2)c1. The van der Waals surface area contributed by atoms with E-state index in [0.29, 0.717) is 23.4 Å². The third-order valence-electron chi connectivity index (χ3n) is 3.52. The molecule has 0 atom stereocenters. The molecule has 3 rings (SSSR count). The molecule has 0 saturated heterocycles. The Morgan fingerprint density at radius 1 is 1.22 bits per heavy atom. The van der Waals surface area contributed by atoms with E-state index in [9.17, 15) is 8.42 Å². The van der Waals surface area contributed by atoms with Gasteiger partial charge in [-0.3, -0.25) is 4.98 Å². The molecule has 0 unspecified atom stereocenters. The van der Waals surface area contributed by atoms with Gasteiger partial charge < -0.3 is 5.32 Å². The molecule has 1 heterocycles. The Morgan fingerprint density at radius 3 is 2.67 bits per heavy atom. The van der Waals surface area contributed by atoms with Crippen molar-refractivity contribution in [3.8, 4) is 0 Å². The van der Waals surface area contributed by atoms with E-state index in [2.05, 4.69) is 10.3 Å². The summed E-state index contributed by atoms with van der Waals surface area (Å²) >= 11 is 0. The van der Waals surface area contributed by atoms with Gasteiger partial charge in [-0.2, -0.15) is 0 Å². The Balaban J connectivity index is 1.68. The van der Waals surface area contributed by atoms with Gasteiger partial charge in [0, 0.05) is 25.0 Å². The molecule has 0 aromatic carbocycles. The second-order valence-corrected chi connectivity index (χ2v) is 7.38.